The van der Waals surface area contributed by atoms with Gasteiger partial charge in [-0.1, -0.05) is 5.10 Å². The summed E-state index contributed by atoms with van der Waals surface area (Å²) in [5, 5.41) is 27.3. The summed E-state index contributed by atoms with van der Waals surface area (Å²) in [4.78, 5) is 0. The lowest BCUT2D eigenvalue weighted by molar-refractivity contribution is 0.400. The van der Waals surface area contributed by atoms with Gasteiger partial charge in [0.15, 0.2) is 5.03 Å². The number of nitriles is 2. The maximum atomic E-state index is 8.34. The molecule has 0 spiro atoms. The second kappa shape index (κ2) is 4.84. The van der Waals surface area contributed by atoms with Crippen LogP contribution in [0.25, 0.3) is 0 Å². The highest BCUT2D eigenvalue weighted by molar-refractivity contribution is 7.98. The summed E-state index contributed by atoms with van der Waals surface area (Å²) in [7, 11) is 0. The van der Waals surface area contributed by atoms with Crippen LogP contribution in [-0.2, 0) is 0 Å². The van der Waals surface area contributed by atoms with Crippen molar-refractivity contribution < 1.29 is 9.47 Å². The van der Waals surface area contributed by atoms with Gasteiger partial charge in [-0.2, -0.15) is 0 Å². The van der Waals surface area contributed by atoms with Crippen LogP contribution in [0, 0.1) is 23.0 Å². The minimum atomic E-state index is -0.173. The highest BCUT2D eigenvalue weighted by Crippen LogP contribution is 2.31. The zero-order chi connectivity index (χ0) is 10.4. The maximum Gasteiger partial charge on any atom is 0.300 e. The molecule has 0 aliphatic carbocycles. The van der Waals surface area contributed by atoms with E-state index in [9.17, 15) is 0 Å². The molecular weight excluding hydrogens is 206 g/mol. The third-order valence-corrected chi connectivity index (χ3v) is 1.80. The molecule has 0 fully saturated rings. The zero-order valence-corrected chi connectivity index (χ0v) is 7.78. The quantitative estimate of drug-likeness (QED) is 0.517. The van der Waals surface area contributed by atoms with E-state index in [0.717, 1.165) is 0 Å². The molecule has 1 aromatic heterocycles. The van der Waals surface area contributed by atoms with Gasteiger partial charge in [0, 0.05) is 0 Å². The Balaban J connectivity index is 3.16. The summed E-state index contributed by atoms with van der Waals surface area (Å²) in [5.74, 6) is -0.176. The maximum absolute atomic E-state index is 8.34. The first-order valence-electron chi connectivity index (χ1n) is 3.22. The van der Waals surface area contributed by atoms with Crippen molar-refractivity contribution in [2.45, 2.75) is 5.03 Å². The summed E-state index contributed by atoms with van der Waals surface area (Å²) in [5.41, 5.74) is 0. The number of nitrogens with zero attached hydrogens (tertiary/aromatic N) is 5. The van der Waals surface area contributed by atoms with Crippen LogP contribution in [0.15, 0.2) is 5.03 Å². The van der Waals surface area contributed by atoms with E-state index in [1.807, 2.05) is 0 Å². The van der Waals surface area contributed by atoms with Gasteiger partial charge >= 0.3 is 0 Å². The topological polar surface area (TPSA) is 105 Å². The molecule has 8 heteroatoms. The van der Waals surface area contributed by atoms with Gasteiger partial charge in [0.05, 0.1) is 0 Å². The average Bonchev–Trinajstić information content (AvgIpc) is 2.21. The number of ether oxygens (including phenoxy) is 2. The van der Waals surface area contributed by atoms with Crippen molar-refractivity contribution in [3.8, 4) is 24.1 Å². The Labute approximate surface area is 83.3 Å². The predicted octanol–water partition coefficient (Wildman–Crippen LogP) is 0.313. The number of rotatable bonds is 3. The Morgan fingerprint density at radius 2 is 1.93 bits per heavy atom. The van der Waals surface area contributed by atoms with E-state index in [0.29, 0.717) is 5.03 Å². The van der Waals surface area contributed by atoms with Crippen molar-refractivity contribution in [1.29, 1.82) is 10.5 Å². The van der Waals surface area contributed by atoms with Gasteiger partial charge in [-0.05, 0) is 11.5 Å². The molecule has 14 heavy (non-hydrogen) atoms. The van der Waals surface area contributed by atoms with Gasteiger partial charge in [0.1, 0.15) is 0 Å². The van der Waals surface area contributed by atoms with E-state index < -0.39 is 0 Å². The fourth-order valence-electron chi connectivity index (χ4n) is 0.662. The lowest BCUT2D eigenvalue weighted by Crippen LogP contribution is -1.99. The van der Waals surface area contributed by atoms with Crippen LogP contribution in [0.1, 0.15) is 0 Å². The Hall–Kier alpha value is -2.06. The van der Waals surface area contributed by atoms with Crippen molar-refractivity contribution in [2.75, 3.05) is 6.26 Å². The van der Waals surface area contributed by atoms with Crippen molar-refractivity contribution in [3.05, 3.63) is 0 Å². The van der Waals surface area contributed by atoms with Crippen LogP contribution >= 0.6 is 11.8 Å². The third-order valence-electron chi connectivity index (χ3n) is 1.14. The van der Waals surface area contributed by atoms with E-state index in [1.165, 1.54) is 24.3 Å². The second-order valence-electron chi connectivity index (χ2n) is 1.82. The second-order valence-corrected chi connectivity index (χ2v) is 2.61. The van der Waals surface area contributed by atoms with Crippen LogP contribution in [0.4, 0.5) is 0 Å². The number of hydrogen-bond acceptors (Lipinski definition) is 8. The first-order chi connectivity index (χ1) is 6.83. The minimum Gasteiger partial charge on any atom is -0.379 e. The zero-order valence-electron chi connectivity index (χ0n) is 6.96. The SMILES string of the molecule is CSc1nnnc(OC#N)c1OC#N. The molecule has 1 rings (SSSR count). The van der Waals surface area contributed by atoms with Gasteiger partial charge < -0.3 is 9.47 Å². The van der Waals surface area contributed by atoms with Crippen LogP contribution in [-0.4, -0.2) is 21.7 Å². The van der Waals surface area contributed by atoms with Gasteiger partial charge in [0.2, 0.25) is 5.75 Å². The molecule has 0 amide bonds. The molecule has 7 nitrogen and oxygen atoms in total. The van der Waals surface area contributed by atoms with Crippen molar-refractivity contribution in [1.82, 2.24) is 15.4 Å². The molecule has 1 aromatic rings. The molecule has 0 atom stereocenters. The predicted molar refractivity (Wildman–Crippen MR) is 44.1 cm³/mol. The van der Waals surface area contributed by atoms with Crippen molar-refractivity contribution in [3.63, 3.8) is 0 Å². The molecule has 0 bridgehead atoms. The first kappa shape index (κ1) is 10.0. The monoisotopic (exact) mass is 209 g/mol. The number of aromatic nitrogens is 3. The Kier molecular flexibility index (Phi) is 3.47. The minimum absolute atomic E-state index is 0.00319. The molecule has 0 aliphatic rings. The van der Waals surface area contributed by atoms with E-state index in [1.54, 1.807) is 6.26 Å². The highest BCUT2D eigenvalue weighted by atomic mass is 32.2. The van der Waals surface area contributed by atoms with Gasteiger partial charge in [-0.15, -0.1) is 27.4 Å². The van der Waals surface area contributed by atoms with E-state index in [4.69, 9.17) is 10.5 Å². The van der Waals surface area contributed by atoms with Gasteiger partial charge in [-0.25, -0.2) is 0 Å². The Bertz CT molecular complexity index is 410. The molecule has 0 N–H and O–H groups in total. The largest absolute Gasteiger partial charge is 0.379 e. The average molecular weight is 209 g/mol. The highest BCUT2D eigenvalue weighted by Gasteiger charge is 2.15. The summed E-state index contributed by atoms with van der Waals surface area (Å²) in [6.45, 7) is 0. The number of hydrogen-bond donors (Lipinski definition) is 0. The van der Waals surface area contributed by atoms with E-state index in [-0.39, 0.29) is 11.6 Å². The lowest BCUT2D eigenvalue weighted by Gasteiger charge is -2.02. The van der Waals surface area contributed by atoms with Crippen LogP contribution < -0.4 is 9.47 Å². The van der Waals surface area contributed by atoms with E-state index in [2.05, 4.69) is 24.9 Å². The fraction of sp³-hybridized carbons (Fsp3) is 0.167. The number of thioether (sulfide) groups is 1. The van der Waals surface area contributed by atoms with Crippen LogP contribution in [0.2, 0.25) is 0 Å². The lowest BCUT2D eigenvalue weighted by atomic mass is 10.6. The molecule has 0 radical (unpaired) electrons. The third kappa shape index (κ3) is 2.00. The van der Waals surface area contributed by atoms with Gasteiger partial charge in [-0.3, -0.25) is 0 Å². The smallest absolute Gasteiger partial charge is 0.300 e. The molecule has 0 saturated carbocycles. The molecular formula is C6H3N5O2S. The van der Waals surface area contributed by atoms with E-state index >= 15 is 0 Å². The van der Waals surface area contributed by atoms with Crippen LogP contribution in [0.3, 0.4) is 0 Å². The summed E-state index contributed by atoms with van der Waals surface area (Å²) < 4.78 is 8.99. The first-order valence-corrected chi connectivity index (χ1v) is 4.45. The summed E-state index contributed by atoms with van der Waals surface area (Å²) >= 11 is 1.20. The Morgan fingerprint density at radius 1 is 1.21 bits per heavy atom. The molecule has 0 unspecified atom stereocenters. The Morgan fingerprint density at radius 3 is 2.50 bits per heavy atom. The van der Waals surface area contributed by atoms with Crippen molar-refractivity contribution in [2.24, 2.45) is 0 Å². The fourth-order valence-corrected chi connectivity index (χ4v) is 1.09. The van der Waals surface area contributed by atoms with Gasteiger partial charge in [0.25, 0.3) is 18.4 Å². The normalized spacial score (nSPS) is 8.50. The molecule has 70 valence electrons. The molecule has 0 saturated heterocycles. The van der Waals surface area contributed by atoms with Crippen molar-refractivity contribution >= 4 is 11.8 Å². The molecule has 0 aromatic carbocycles. The standard InChI is InChI=1S/C6H3N5O2S/c1-14-6-4(12-2-7)5(13-3-8)9-11-10-6/h1H3. The summed E-state index contributed by atoms with van der Waals surface area (Å²) in [6.07, 6.45) is 4.56. The molecule has 1 heterocycles. The van der Waals surface area contributed by atoms with Crippen LogP contribution in [0.5, 0.6) is 11.6 Å². The summed E-state index contributed by atoms with van der Waals surface area (Å²) in [6, 6.07) is 0. The molecule has 0 aliphatic heterocycles.